The SMILES string of the molecule is Cc1cncc(CC2c3cccc(c3)SNc3nc(cc(-c4c(C)cccc4C)n3)OCC2CC2CC(C)(C)C2)n1. The fourth-order valence-corrected chi connectivity index (χ4v) is 7.48. The summed E-state index contributed by atoms with van der Waals surface area (Å²) in [5.74, 6) is 2.41. The maximum Gasteiger partial charge on any atom is 0.237 e. The molecule has 1 aliphatic carbocycles. The lowest BCUT2D eigenvalue weighted by molar-refractivity contribution is 0.0601. The Labute approximate surface area is 248 Å². The van der Waals surface area contributed by atoms with Crippen molar-refractivity contribution in [3.63, 3.8) is 0 Å². The lowest BCUT2D eigenvalue weighted by Crippen LogP contribution is -2.35. The van der Waals surface area contributed by atoms with E-state index < -0.39 is 0 Å². The predicted octanol–water partition coefficient (Wildman–Crippen LogP) is 8.14. The van der Waals surface area contributed by atoms with E-state index in [9.17, 15) is 0 Å². The summed E-state index contributed by atoms with van der Waals surface area (Å²) in [5, 5.41) is 0. The predicted molar refractivity (Wildman–Crippen MR) is 166 cm³/mol. The smallest absolute Gasteiger partial charge is 0.237 e. The largest absolute Gasteiger partial charge is 0.477 e. The van der Waals surface area contributed by atoms with Crippen molar-refractivity contribution < 1.29 is 4.74 Å². The highest BCUT2D eigenvalue weighted by molar-refractivity contribution is 8.00. The van der Waals surface area contributed by atoms with Crippen LogP contribution in [0.15, 0.2) is 65.8 Å². The van der Waals surface area contributed by atoms with Crippen molar-refractivity contribution in [2.75, 3.05) is 11.3 Å². The standard InChI is InChI=1S/C34H39N5OS/c1-21-8-6-9-22(2)32(21)30-15-31-38-33(37-30)39-41-28-11-7-10-25(13-28)29(14-27-19-35-18-23(3)36-27)26(20-40-31)12-24-16-34(4,5)17-24/h6-11,13,15,18-19,24,26,29H,12,14,16-17,20H2,1-5H3,(H,37,38,39). The normalized spacial score (nSPS) is 20.1. The van der Waals surface area contributed by atoms with Gasteiger partial charge in [0, 0.05) is 34.8 Å². The van der Waals surface area contributed by atoms with Gasteiger partial charge in [-0.05, 0) is 104 Å². The zero-order chi connectivity index (χ0) is 28.6. The Bertz CT molecular complexity index is 1530. The highest BCUT2D eigenvalue weighted by atomic mass is 32.2. The van der Waals surface area contributed by atoms with Crippen LogP contribution in [0.3, 0.4) is 0 Å². The van der Waals surface area contributed by atoms with Gasteiger partial charge in [0.15, 0.2) is 0 Å². The van der Waals surface area contributed by atoms with Crippen LogP contribution in [-0.4, -0.2) is 26.5 Å². The average Bonchev–Trinajstić information content (AvgIpc) is 2.91. The molecule has 0 radical (unpaired) electrons. The van der Waals surface area contributed by atoms with Gasteiger partial charge in [-0.25, -0.2) is 4.98 Å². The van der Waals surface area contributed by atoms with E-state index in [0.29, 0.717) is 35.7 Å². The zero-order valence-corrected chi connectivity index (χ0v) is 25.5. The Morgan fingerprint density at radius 1 is 0.951 bits per heavy atom. The van der Waals surface area contributed by atoms with Gasteiger partial charge < -0.3 is 4.74 Å². The molecule has 2 unspecified atom stereocenters. The second-order valence-corrected chi connectivity index (χ2v) is 13.5. The molecule has 2 aromatic carbocycles. The lowest BCUT2D eigenvalue weighted by atomic mass is 9.61. The van der Waals surface area contributed by atoms with Crippen LogP contribution in [-0.2, 0) is 6.42 Å². The number of aromatic nitrogens is 4. The maximum absolute atomic E-state index is 6.62. The molecule has 0 amide bonds. The van der Waals surface area contributed by atoms with Crippen LogP contribution in [0.25, 0.3) is 11.3 Å². The first-order valence-electron chi connectivity index (χ1n) is 14.6. The third kappa shape index (κ3) is 6.40. The van der Waals surface area contributed by atoms with E-state index in [1.807, 2.05) is 25.4 Å². The zero-order valence-electron chi connectivity index (χ0n) is 24.6. The van der Waals surface area contributed by atoms with Crippen LogP contribution in [0.4, 0.5) is 5.95 Å². The molecular formula is C34H39N5OS. The van der Waals surface area contributed by atoms with Crippen LogP contribution in [0, 0.1) is 38.0 Å². The second kappa shape index (κ2) is 11.4. The molecule has 2 atom stereocenters. The molecule has 0 spiro atoms. The molecule has 212 valence electrons. The van der Waals surface area contributed by atoms with Crippen LogP contribution < -0.4 is 9.46 Å². The maximum atomic E-state index is 6.62. The average molecular weight is 566 g/mol. The molecule has 1 saturated carbocycles. The van der Waals surface area contributed by atoms with E-state index in [1.54, 1.807) is 11.9 Å². The van der Waals surface area contributed by atoms with Crippen molar-refractivity contribution in [3.05, 3.63) is 89.0 Å². The highest BCUT2D eigenvalue weighted by Crippen LogP contribution is 2.49. The van der Waals surface area contributed by atoms with Gasteiger partial charge >= 0.3 is 0 Å². The van der Waals surface area contributed by atoms with Crippen molar-refractivity contribution in [2.24, 2.45) is 17.3 Å². The first-order chi connectivity index (χ1) is 19.7. The van der Waals surface area contributed by atoms with E-state index in [-0.39, 0.29) is 5.92 Å². The van der Waals surface area contributed by atoms with E-state index in [1.165, 1.54) is 29.5 Å². The summed E-state index contributed by atoms with van der Waals surface area (Å²) in [6.45, 7) is 11.6. The Hall–Kier alpha value is -3.45. The van der Waals surface area contributed by atoms with Gasteiger partial charge in [-0.15, -0.1) is 0 Å². The molecule has 6 nitrogen and oxygen atoms in total. The number of nitrogens with zero attached hydrogens (tertiary/aromatic N) is 4. The Morgan fingerprint density at radius 3 is 2.49 bits per heavy atom. The van der Waals surface area contributed by atoms with E-state index >= 15 is 0 Å². The number of nitrogens with one attached hydrogen (secondary N) is 1. The molecule has 3 heterocycles. The van der Waals surface area contributed by atoms with Crippen molar-refractivity contribution in [1.29, 1.82) is 0 Å². The Balaban J connectivity index is 1.40. The fraction of sp³-hybridized carbons (Fsp3) is 0.412. The van der Waals surface area contributed by atoms with Crippen LogP contribution in [0.5, 0.6) is 5.88 Å². The summed E-state index contributed by atoms with van der Waals surface area (Å²) in [7, 11) is 0. The number of fused-ring (bicyclic) bond motifs is 4. The van der Waals surface area contributed by atoms with Crippen LogP contribution >= 0.6 is 11.9 Å². The summed E-state index contributed by atoms with van der Waals surface area (Å²) >= 11 is 1.54. The molecule has 2 aromatic heterocycles. The molecular weight excluding hydrogens is 526 g/mol. The number of benzene rings is 2. The topological polar surface area (TPSA) is 72.8 Å². The molecule has 2 aliphatic rings. The van der Waals surface area contributed by atoms with E-state index in [4.69, 9.17) is 19.7 Å². The molecule has 1 N–H and O–H groups in total. The Kier molecular flexibility index (Phi) is 7.73. The lowest BCUT2D eigenvalue weighted by Gasteiger charge is -2.45. The summed E-state index contributed by atoms with van der Waals surface area (Å²) in [5.41, 5.74) is 8.10. The Morgan fingerprint density at radius 2 is 1.73 bits per heavy atom. The number of hydrogen-bond acceptors (Lipinski definition) is 7. The van der Waals surface area contributed by atoms with Crippen molar-refractivity contribution in [1.82, 2.24) is 19.9 Å². The molecule has 0 saturated heterocycles. The van der Waals surface area contributed by atoms with Crippen molar-refractivity contribution >= 4 is 17.9 Å². The van der Waals surface area contributed by atoms with Gasteiger partial charge in [0.25, 0.3) is 0 Å². The first-order valence-corrected chi connectivity index (χ1v) is 15.4. The minimum absolute atomic E-state index is 0.245. The summed E-state index contributed by atoms with van der Waals surface area (Å²) in [6.07, 6.45) is 8.20. The number of hydrogen-bond donors (Lipinski definition) is 1. The number of aryl methyl sites for hydroxylation is 3. The van der Waals surface area contributed by atoms with Crippen LogP contribution in [0.2, 0.25) is 0 Å². The minimum Gasteiger partial charge on any atom is -0.477 e. The third-order valence-corrected chi connectivity index (χ3v) is 9.33. The quantitative estimate of drug-likeness (QED) is 0.245. The summed E-state index contributed by atoms with van der Waals surface area (Å²) < 4.78 is 10.0. The van der Waals surface area contributed by atoms with E-state index in [2.05, 4.69) is 79.9 Å². The number of anilines is 1. The van der Waals surface area contributed by atoms with Gasteiger partial charge in [0.2, 0.25) is 11.8 Å². The van der Waals surface area contributed by atoms with E-state index in [0.717, 1.165) is 40.4 Å². The highest BCUT2D eigenvalue weighted by Gasteiger charge is 2.39. The molecule has 7 heteroatoms. The molecule has 6 rings (SSSR count). The monoisotopic (exact) mass is 565 g/mol. The number of rotatable bonds is 5. The van der Waals surface area contributed by atoms with Gasteiger partial charge in [0.1, 0.15) is 0 Å². The fourth-order valence-electron chi connectivity index (χ4n) is 6.84. The third-order valence-electron chi connectivity index (χ3n) is 8.55. The van der Waals surface area contributed by atoms with Crippen molar-refractivity contribution in [3.8, 4) is 17.1 Å². The summed E-state index contributed by atoms with van der Waals surface area (Å²) in [6, 6.07) is 17.2. The van der Waals surface area contributed by atoms with Gasteiger partial charge in [0.05, 0.1) is 23.7 Å². The van der Waals surface area contributed by atoms with Gasteiger partial charge in [-0.3, -0.25) is 14.7 Å². The number of ether oxygens (including phenoxy) is 1. The molecule has 1 aliphatic heterocycles. The van der Waals surface area contributed by atoms with Gasteiger partial charge in [-0.1, -0.05) is 44.2 Å². The van der Waals surface area contributed by atoms with Crippen LogP contribution in [0.1, 0.15) is 67.1 Å². The minimum atomic E-state index is 0.245. The molecule has 41 heavy (non-hydrogen) atoms. The molecule has 4 bridgehead atoms. The van der Waals surface area contributed by atoms with Gasteiger partial charge in [-0.2, -0.15) is 4.98 Å². The molecule has 4 aromatic rings. The van der Waals surface area contributed by atoms with Crippen molar-refractivity contribution in [2.45, 2.75) is 71.1 Å². The molecule has 1 fully saturated rings. The summed E-state index contributed by atoms with van der Waals surface area (Å²) in [4.78, 5) is 20.1. The first kappa shape index (κ1) is 27.7. The second-order valence-electron chi connectivity index (χ2n) is 12.7.